The fourth-order valence-corrected chi connectivity index (χ4v) is 2.62. The summed E-state index contributed by atoms with van der Waals surface area (Å²) >= 11 is 3.41. The minimum Gasteiger partial charge on any atom is -0.276 e. The Bertz CT molecular complexity index is 703. The highest BCUT2D eigenvalue weighted by Crippen LogP contribution is 2.27. The number of aryl methyl sites for hydroxylation is 1. The first-order valence-corrected chi connectivity index (χ1v) is 6.67. The summed E-state index contributed by atoms with van der Waals surface area (Å²) in [6.07, 6.45) is 2.75. The van der Waals surface area contributed by atoms with Crippen LogP contribution in [0, 0.1) is 0 Å². The van der Waals surface area contributed by atoms with Crippen molar-refractivity contribution in [1.82, 2.24) is 14.8 Å². The SMILES string of the molecule is CCc1ccc(-n2cnnc2Br)c2ccccc12. The summed E-state index contributed by atoms with van der Waals surface area (Å²) in [4.78, 5) is 0. The van der Waals surface area contributed by atoms with E-state index in [-0.39, 0.29) is 0 Å². The summed E-state index contributed by atoms with van der Waals surface area (Å²) in [6, 6.07) is 12.7. The van der Waals surface area contributed by atoms with Gasteiger partial charge in [0.05, 0.1) is 5.69 Å². The summed E-state index contributed by atoms with van der Waals surface area (Å²) < 4.78 is 2.67. The number of aromatic nitrogens is 3. The van der Waals surface area contributed by atoms with Gasteiger partial charge in [-0.05, 0) is 39.4 Å². The van der Waals surface area contributed by atoms with Gasteiger partial charge in [-0.3, -0.25) is 4.57 Å². The lowest BCUT2D eigenvalue weighted by Crippen LogP contribution is -1.96. The molecule has 3 aromatic rings. The molecule has 0 spiro atoms. The number of benzene rings is 2. The molecule has 0 amide bonds. The third-order valence-electron chi connectivity index (χ3n) is 3.14. The molecule has 1 heterocycles. The highest BCUT2D eigenvalue weighted by molar-refractivity contribution is 9.10. The van der Waals surface area contributed by atoms with E-state index in [9.17, 15) is 0 Å². The number of fused-ring (bicyclic) bond motifs is 1. The average molecular weight is 302 g/mol. The molecule has 3 rings (SSSR count). The van der Waals surface area contributed by atoms with E-state index in [1.807, 2.05) is 4.57 Å². The summed E-state index contributed by atoms with van der Waals surface area (Å²) in [5.74, 6) is 0. The largest absolute Gasteiger partial charge is 0.276 e. The fraction of sp³-hybridized carbons (Fsp3) is 0.143. The lowest BCUT2D eigenvalue weighted by Gasteiger charge is -2.11. The van der Waals surface area contributed by atoms with Gasteiger partial charge in [-0.2, -0.15) is 0 Å². The molecular weight excluding hydrogens is 290 g/mol. The molecule has 0 saturated carbocycles. The molecule has 4 heteroatoms. The van der Waals surface area contributed by atoms with Crippen molar-refractivity contribution < 1.29 is 0 Å². The van der Waals surface area contributed by atoms with Crippen LogP contribution in [0.25, 0.3) is 16.5 Å². The molecule has 1 aromatic heterocycles. The summed E-state index contributed by atoms with van der Waals surface area (Å²) in [5, 5.41) is 10.4. The van der Waals surface area contributed by atoms with E-state index in [4.69, 9.17) is 0 Å². The molecule has 90 valence electrons. The first kappa shape index (κ1) is 11.4. The van der Waals surface area contributed by atoms with Crippen LogP contribution in [-0.4, -0.2) is 14.8 Å². The summed E-state index contributed by atoms with van der Waals surface area (Å²) in [6.45, 7) is 2.18. The Balaban J connectivity index is 2.35. The quantitative estimate of drug-likeness (QED) is 0.722. The molecule has 0 fully saturated rings. The third kappa shape index (κ3) is 1.73. The van der Waals surface area contributed by atoms with Gasteiger partial charge < -0.3 is 0 Å². The highest BCUT2D eigenvalue weighted by Gasteiger charge is 2.08. The molecule has 0 aliphatic heterocycles. The summed E-state index contributed by atoms with van der Waals surface area (Å²) in [7, 11) is 0. The minimum atomic E-state index is 0.719. The Morgan fingerprint density at radius 2 is 1.89 bits per heavy atom. The van der Waals surface area contributed by atoms with Crippen LogP contribution in [0.5, 0.6) is 0 Å². The van der Waals surface area contributed by atoms with Gasteiger partial charge in [-0.25, -0.2) is 0 Å². The predicted molar refractivity (Wildman–Crippen MR) is 75.9 cm³/mol. The van der Waals surface area contributed by atoms with Crippen molar-refractivity contribution in [3.8, 4) is 5.69 Å². The van der Waals surface area contributed by atoms with Crippen LogP contribution >= 0.6 is 15.9 Å². The van der Waals surface area contributed by atoms with Gasteiger partial charge in [0.25, 0.3) is 0 Å². The molecule has 0 radical (unpaired) electrons. The normalized spacial score (nSPS) is 11.0. The van der Waals surface area contributed by atoms with Gasteiger partial charge in [0.1, 0.15) is 6.33 Å². The monoisotopic (exact) mass is 301 g/mol. The van der Waals surface area contributed by atoms with E-state index in [0.717, 1.165) is 16.8 Å². The van der Waals surface area contributed by atoms with Gasteiger partial charge in [0.2, 0.25) is 4.73 Å². The molecule has 0 unspecified atom stereocenters. The Kier molecular flexibility index (Phi) is 2.88. The van der Waals surface area contributed by atoms with Crippen LogP contribution in [0.3, 0.4) is 0 Å². The topological polar surface area (TPSA) is 30.7 Å². The van der Waals surface area contributed by atoms with Gasteiger partial charge >= 0.3 is 0 Å². The first-order valence-electron chi connectivity index (χ1n) is 5.87. The molecular formula is C14H12BrN3. The maximum Gasteiger partial charge on any atom is 0.204 e. The Morgan fingerprint density at radius 1 is 1.11 bits per heavy atom. The van der Waals surface area contributed by atoms with Crippen molar-refractivity contribution >= 4 is 26.7 Å². The van der Waals surface area contributed by atoms with Crippen LogP contribution < -0.4 is 0 Å². The van der Waals surface area contributed by atoms with E-state index in [1.54, 1.807) is 6.33 Å². The van der Waals surface area contributed by atoms with Gasteiger partial charge in [-0.15, -0.1) is 10.2 Å². The highest BCUT2D eigenvalue weighted by atomic mass is 79.9. The third-order valence-corrected chi connectivity index (χ3v) is 3.68. The second kappa shape index (κ2) is 4.53. The van der Waals surface area contributed by atoms with Crippen LogP contribution in [0.1, 0.15) is 12.5 Å². The maximum atomic E-state index is 3.97. The predicted octanol–water partition coefficient (Wildman–Crippen LogP) is 3.75. The van der Waals surface area contributed by atoms with Crippen molar-refractivity contribution in [2.45, 2.75) is 13.3 Å². The van der Waals surface area contributed by atoms with Crippen LogP contribution in [-0.2, 0) is 6.42 Å². The molecule has 2 aromatic carbocycles. The molecule has 0 atom stereocenters. The van der Waals surface area contributed by atoms with E-state index < -0.39 is 0 Å². The van der Waals surface area contributed by atoms with Crippen molar-refractivity contribution in [2.75, 3.05) is 0 Å². The molecule has 0 aliphatic rings. The molecule has 0 saturated heterocycles. The van der Waals surface area contributed by atoms with E-state index in [0.29, 0.717) is 0 Å². The number of hydrogen-bond donors (Lipinski definition) is 0. The van der Waals surface area contributed by atoms with Crippen molar-refractivity contribution in [3.63, 3.8) is 0 Å². The number of hydrogen-bond acceptors (Lipinski definition) is 2. The average Bonchev–Trinajstić information content (AvgIpc) is 2.83. The first-order chi connectivity index (χ1) is 8.81. The molecule has 0 aliphatic carbocycles. The van der Waals surface area contributed by atoms with Gasteiger partial charge in [0, 0.05) is 5.39 Å². The number of nitrogens with zero attached hydrogens (tertiary/aromatic N) is 3. The molecule has 0 N–H and O–H groups in total. The van der Waals surface area contributed by atoms with Crippen LogP contribution in [0.2, 0.25) is 0 Å². The number of halogens is 1. The Labute approximate surface area is 114 Å². The van der Waals surface area contributed by atoms with Crippen molar-refractivity contribution in [1.29, 1.82) is 0 Å². The van der Waals surface area contributed by atoms with Crippen LogP contribution in [0.4, 0.5) is 0 Å². The summed E-state index contributed by atoms with van der Waals surface area (Å²) in [5.41, 5.74) is 2.46. The zero-order valence-corrected chi connectivity index (χ0v) is 11.6. The van der Waals surface area contributed by atoms with E-state index >= 15 is 0 Å². The Hall–Kier alpha value is -1.68. The van der Waals surface area contributed by atoms with Crippen molar-refractivity contribution in [3.05, 3.63) is 53.0 Å². The standard InChI is InChI=1S/C14H12BrN3/c1-2-10-7-8-13(18-9-16-17-14(18)15)12-6-4-3-5-11(10)12/h3-9H,2H2,1H3. The molecule has 0 bridgehead atoms. The molecule has 18 heavy (non-hydrogen) atoms. The zero-order valence-electron chi connectivity index (χ0n) is 9.97. The van der Waals surface area contributed by atoms with Crippen molar-refractivity contribution in [2.24, 2.45) is 0 Å². The lowest BCUT2D eigenvalue weighted by atomic mass is 10.0. The lowest BCUT2D eigenvalue weighted by molar-refractivity contribution is 1.02. The van der Waals surface area contributed by atoms with Gasteiger partial charge in [-0.1, -0.05) is 37.3 Å². The van der Waals surface area contributed by atoms with Gasteiger partial charge in [0.15, 0.2) is 0 Å². The maximum absolute atomic E-state index is 3.97. The number of rotatable bonds is 2. The fourth-order valence-electron chi connectivity index (χ4n) is 2.25. The Morgan fingerprint density at radius 3 is 2.56 bits per heavy atom. The molecule has 3 nitrogen and oxygen atoms in total. The van der Waals surface area contributed by atoms with E-state index in [1.165, 1.54) is 16.3 Å². The zero-order chi connectivity index (χ0) is 12.5. The minimum absolute atomic E-state index is 0.719. The second-order valence-corrected chi connectivity index (χ2v) is 4.82. The second-order valence-electron chi connectivity index (χ2n) is 4.11. The van der Waals surface area contributed by atoms with Crippen LogP contribution in [0.15, 0.2) is 47.5 Å². The van der Waals surface area contributed by atoms with E-state index in [2.05, 4.69) is 69.4 Å². The smallest absolute Gasteiger partial charge is 0.204 e.